The highest BCUT2D eigenvalue weighted by Gasteiger charge is 2.32. The number of hydrogen-bond donors (Lipinski definition) is 1. The fourth-order valence-corrected chi connectivity index (χ4v) is 2.37. The number of carbonyl (C=O) groups is 2. The lowest BCUT2D eigenvalue weighted by Crippen LogP contribution is -2.50. The number of anilines is 1. The van der Waals surface area contributed by atoms with E-state index in [1.807, 2.05) is 18.2 Å². The minimum Gasteiger partial charge on any atom is -0.477 e. The van der Waals surface area contributed by atoms with Crippen molar-refractivity contribution in [2.75, 3.05) is 18.0 Å². The molecule has 1 atom stereocenters. The summed E-state index contributed by atoms with van der Waals surface area (Å²) < 4.78 is 5.73. The van der Waals surface area contributed by atoms with Gasteiger partial charge in [0.25, 0.3) is 5.91 Å². The Kier molecular flexibility index (Phi) is 5.20. The average Bonchev–Trinajstić information content (AvgIpc) is 2.50. The lowest BCUT2D eigenvalue weighted by atomic mass is 10.1. The number of benzene rings is 1. The van der Waals surface area contributed by atoms with Crippen molar-refractivity contribution in [3.8, 4) is 5.75 Å². The van der Waals surface area contributed by atoms with Crippen LogP contribution in [0.5, 0.6) is 5.75 Å². The number of hydrogen-bond acceptors (Lipinski definition) is 3. The van der Waals surface area contributed by atoms with Crippen molar-refractivity contribution >= 4 is 17.5 Å². The van der Waals surface area contributed by atoms with Crippen LogP contribution in [-0.2, 0) is 9.59 Å². The van der Waals surface area contributed by atoms with Gasteiger partial charge in [0.05, 0.1) is 12.2 Å². The van der Waals surface area contributed by atoms with Gasteiger partial charge in [-0.25, -0.2) is 0 Å². The Bertz CT molecular complexity index is 516. The Balaban J connectivity index is 2.03. The predicted molar refractivity (Wildman–Crippen MR) is 81.4 cm³/mol. The molecule has 2 amide bonds. The summed E-state index contributed by atoms with van der Waals surface area (Å²) in [7, 11) is 0. The summed E-state index contributed by atoms with van der Waals surface area (Å²) in [6.07, 6.45) is 2.52. The molecular formula is C16H22N2O3. The monoisotopic (exact) mass is 290 g/mol. The van der Waals surface area contributed by atoms with Gasteiger partial charge >= 0.3 is 0 Å². The van der Waals surface area contributed by atoms with E-state index in [-0.39, 0.29) is 18.4 Å². The zero-order chi connectivity index (χ0) is 15.2. The normalized spacial score (nSPS) is 16.9. The first-order valence-corrected chi connectivity index (χ1v) is 7.45. The lowest BCUT2D eigenvalue weighted by molar-refractivity contribution is -0.128. The maximum absolute atomic E-state index is 12.2. The molecule has 2 rings (SSSR count). The number of unbranched alkanes of at least 4 members (excludes halogenated alkanes) is 2. The van der Waals surface area contributed by atoms with Crippen LogP contribution in [0.4, 0.5) is 5.69 Å². The van der Waals surface area contributed by atoms with Gasteiger partial charge in [0.1, 0.15) is 5.75 Å². The van der Waals surface area contributed by atoms with E-state index in [9.17, 15) is 9.59 Å². The van der Waals surface area contributed by atoms with Gasteiger partial charge in [-0.05, 0) is 18.6 Å². The van der Waals surface area contributed by atoms with Crippen LogP contribution in [0.25, 0.3) is 0 Å². The van der Waals surface area contributed by atoms with Gasteiger partial charge in [-0.3, -0.25) is 9.59 Å². The van der Waals surface area contributed by atoms with Crippen LogP contribution in [0.3, 0.4) is 0 Å². The van der Waals surface area contributed by atoms with E-state index in [0.717, 1.165) is 24.9 Å². The molecule has 5 nitrogen and oxygen atoms in total. The third-order valence-corrected chi connectivity index (χ3v) is 3.53. The van der Waals surface area contributed by atoms with Gasteiger partial charge in [-0.1, -0.05) is 31.9 Å². The molecule has 21 heavy (non-hydrogen) atoms. The predicted octanol–water partition coefficient (Wildman–Crippen LogP) is 2.11. The number of nitrogens with one attached hydrogen (secondary N) is 1. The highest BCUT2D eigenvalue weighted by atomic mass is 16.5. The summed E-state index contributed by atoms with van der Waals surface area (Å²) >= 11 is 0. The Morgan fingerprint density at radius 2 is 2.10 bits per heavy atom. The second kappa shape index (κ2) is 7.11. The fraction of sp³-hybridized carbons (Fsp3) is 0.500. The number of rotatable bonds is 5. The molecule has 1 aromatic carbocycles. The largest absolute Gasteiger partial charge is 0.477 e. The van der Waals surface area contributed by atoms with Crippen molar-refractivity contribution in [2.24, 2.45) is 0 Å². The minimum atomic E-state index is -0.648. The van der Waals surface area contributed by atoms with Crippen molar-refractivity contribution in [1.29, 1.82) is 0 Å². The molecule has 0 aliphatic carbocycles. The summed E-state index contributed by atoms with van der Waals surface area (Å²) in [5.74, 6) is 0.328. The molecule has 0 unspecified atom stereocenters. The molecule has 0 saturated carbocycles. The lowest BCUT2D eigenvalue weighted by Gasteiger charge is -2.33. The average molecular weight is 290 g/mol. The molecule has 0 bridgehead atoms. The van der Waals surface area contributed by atoms with Crippen LogP contribution in [0.1, 0.15) is 33.1 Å². The van der Waals surface area contributed by atoms with Gasteiger partial charge < -0.3 is 15.0 Å². The third kappa shape index (κ3) is 3.74. The first-order chi connectivity index (χ1) is 10.1. The molecule has 0 spiro atoms. The Hall–Kier alpha value is -2.04. The molecule has 5 heteroatoms. The Labute approximate surface area is 125 Å². The van der Waals surface area contributed by atoms with Gasteiger partial charge in [0.2, 0.25) is 5.91 Å². The molecule has 114 valence electrons. The highest BCUT2D eigenvalue weighted by Crippen LogP contribution is 2.33. The van der Waals surface area contributed by atoms with Crippen LogP contribution in [-0.4, -0.2) is 31.0 Å². The molecule has 1 aliphatic rings. The van der Waals surface area contributed by atoms with Crippen molar-refractivity contribution in [1.82, 2.24) is 5.32 Å². The Morgan fingerprint density at radius 1 is 1.33 bits per heavy atom. The second-order valence-corrected chi connectivity index (χ2v) is 5.20. The maximum atomic E-state index is 12.2. The maximum Gasteiger partial charge on any atom is 0.262 e. The molecule has 1 aliphatic heterocycles. The standard InChI is InChI=1S/C16H22N2O3/c1-3-4-7-10-17-16(20)15-11-18(12(2)19)13-8-5-6-9-14(13)21-15/h5-6,8-9,15H,3-4,7,10-11H2,1-2H3,(H,17,20)/t15-/m1/s1. The highest BCUT2D eigenvalue weighted by molar-refractivity contribution is 5.95. The summed E-state index contributed by atoms with van der Waals surface area (Å²) in [6, 6.07) is 7.29. The fourth-order valence-electron chi connectivity index (χ4n) is 2.37. The SMILES string of the molecule is CCCCCNC(=O)[C@H]1CN(C(C)=O)c2ccccc2O1. The molecule has 0 radical (unpaired) electrons. The molecule has 1 aromatic rings. The molecule has 1 N–H and O–H groups in total. The smallest absolute Gasteiger partial charge is 0.262 e. The topological polar surface area (TPSA) is 58.6 Å². The molecular weight excluding hydrogens is 268 g/mol. The number of carbonyl (C=O) groups excluding carboxylic acids is 2. The van der Waals surface area contributed by atoms with Gasteiger partial charge in [-0.15, -0.1) is 0 Å². The number of ether oxygens (including phenoxy) is 1. The van der Waals surface area contributed by atoms with E-state index in [4.69, 9.17) is 4.74 Å². The van der Waals surface area contributed by atoms with Gasteiger partial charge in [0, 0.05) is 13.5 Å². The molecule has 0 fully saturated rings. The molecule has 0 saturated heterocycles. The number of amides is 2. The van der Waals surface area contributed by atoms with E-state index < -0.39 is 6.10 Å². The van der Waals surface area contributed by atoms with Crippen molar-refractivity contribution in [3.63, 3.8) is 0 Å². The molecule has 1 heterocycles. The van der Waals surface area contributed by atoms with E-state index in [0.29, 0.717) is 12.3 Å². The first-order valence-electron chi connectivity index (χ1n) is 7.45. The zero-order valence-electron chi connectivity index (χ0n) is 12.6. The van der Waals surface area contributed by atoms with Gasteiger partial charge in [0.15, 0.2) is 6.10 Å². The third-order valence-electron chi connectivity index (χ3n) is 3.53. The summed E-state index contributed by atoms with van der Waals surface area (Å²) in [5.41, 5.74) is 0.722. The quantitative estimate of drug-likeness (QED) is 0.845. The van der Waals surface area contributed by atoms with E-state index >= 15 is 0 Å². The van der Waals surface area contributed by atoms with Crippen molar-refractivity contribution < 1.29 is 14.3 Å². The van der Waals surface area contributed by atoms with Crippen LogP contribution in [0, 0.1) is 0 Å². The van der Waals surface area contributed by atoms with E-state index in [1.165, 1.54) is 6.92 Å². The number of para-hydroxylation sites is 2. The van der Waals surface area contributed by atoms with Crippen LogP contribution >= 0.6 is 0 Å². The summed E-state index contributed by atoms with van der Waals surface area (Å²) in [5, 5.41) is 2.88. The van der Waals surface area contributed by atoms with Crippen molar-refractivity contribution in [2.45, 2.75) is 39.2 Å². The van der Waals surface area contributed by atoms with E-state index in [2.05, 4.69) is 12.2 Å². The van der Waals surface area contributed by atoms with E-state index in [1.54, 1.807) is 11.0 Å². The molecule has 0 aromatic heterocycles. The first kappa shape index (κ1) is 15.4. The summed E-state index contributed by atoms with van der Waals surface area (Å²) in [4.78, 5) is 25.5. The minimum absolute atomic E-state index is 0.0884. The number of fused-ring (bicyclic) bond motifs is 1. The van der Waals surface area contributed by atoms with Crippen molar-refractivity contribution in [3.05, 3.63) is 24.3 Å². The van der Waals surface area contributed by atoms with Crippen LogP contribution in [0.2, 0.25) is 0 Å². The number of nitrogens with zero attached hydrogens (tertiary/aromatic N) is 1. The second-order valence-electron chi connectivity index (χ2n) is 5.20. The van der Waals surface area contributed by atoms with Crippen LogP contribution < -0.4 is 15.0 Å². The zero-order valence-corrected chi connectivity index (χ0v) is 12.6. The van der Waals surface area contributed by atoms with Gasteiger partial charge in [-0.2, -0.15) is 0 Å². The Morgan fingerprint density at radius 3 is 2.81 bits per heavy atom. The van der Waals surface area contributed by atoms with Crippen LogP contribution in [0.15, 0.2) is 24.3 Å². The summed E-state index contributed by atoms with van der Waals surface area (Å²) in [6.45, 7) is 4.52.